The number of aromatic nitrogens is 2. The Balaban J connectivity index is 2.34. The smallest absolute Gasteiger partial charge is 0.160 e. The Morgan fingerprint density at radius 3 is 2.47 bits per heavy atom. The summed E-state index contributed by atoms with van der Waals surface area (Å²) in [6, 6.07) is 11.9. The lowest BCUT2D eigenvalue weighted by atomic mass is 10.1. The molecule has 0 aliphatic heterocycles. The third kappa shape index (κ3) is 2.22. The van der Waals surface area contributed by atoms with Gasteiger partial charge in [-0.3, -0.25) is 0 Å². The molecule has 0 fully saturated rings. The topological polar surface area (TPSA) is 25.8 Å². The van der Waals surface area contributed by atoms with Crippen molar-refractivity contribution in [1.29, 1.82) is 0 Å². The van der Waals surface area contributed by atoms with Crippen LogP contribution < -0.4 is 0 Å². The highest BCUT2D eigenvalue weighted by Crippen LogP contribution is 2.34. The van der Waals surface area contributed by atoms with Gasteiger partial charge in [-0.15, -0.1) is 10.2 Å². The molecule has 0 aliphatic rings. The van der Waals surface area contributed by atoms with Crippen LogP contribution in [0.3, 0.4) is 0 Å². The number of nitrogens with zero attached hydrogens (tertiary/aromatic N) is 2. The van der Waals surface area contributed by atoms with Gasteiger partial charge in [0.05, 0.1) is 0 Å². The molecule has 0 unspecified atom stereocenters. The Labute approximate surface area is 122 Å². The normalized spacial score (nSPS) is 10.9. The van der Waals surface area contributed by atoms with E-state index in [1.165, 1.54) is 12.1 Å². The first-order valence-electron chi connectivity index (χ1n) is 5.53. The Morgan fingerprint density at radius 2 is 1.74 bits per heavy atom. The van der Waals surface area contributed by atoms with Gasteiger partial charge in [0.15, 0.2) is 5.15 Å². The molecule has 94 valence electrons. The van der Waals surface area contributed by atoms with E-state index in [0.29, 0.717) is 10.8 Å². The molecule has 1 aromatic heterocycles. The molecule has 0 spiro atoms. The minimum Gasteiger partial charge on any atom is -0.207 e. The van der Waals surface area contributed by atoms with Crippen molar-refractivity contribution in [2.45, 2.75) is 0 Å². The molecule has 2 aromatic carbocycles. The predicted octanol–water partition coefficient (Wildman–Crippen LogP) is 4.85. The minimum atomic E-state index is -0.281. The third-order valence-corrected chi connectivity index (χ3v) is 3.76. The summed E-state index contributed by atoms with van der Waals surface area (Å²) in [6.45, 7) is 0. The summed E-state index contributed by atoms with van der Waals surface area (Å²) in [5, 5.41) is 10.1. The number of fused-ring (bicyclic) bond motifs is 1. The van der Waals surface area contributed by atoms with E-state index in [1.807, 2.05) is 18.2 Å². The van der Waals surface area contributed by atoms with E-state index in [-0.39, 0.29) is 5.82 Å². The molecule has 5 heteroatoms. The van der Waals surface area contributed by atoms with E-state index >= 15 is 0 Å². The lowest BCUT2D eigenvalue weighted by Crippen LogP contribution is -1.92. The number of benzene rings is 2. The standard InChI is InChI=1S/C14H7BrClFN2/c15-11-3-1-2-10-12(11)14(16)19-18-13(10)8-4-6-9(17)7-5-8/h1-7H. The van der Waals surface area contributed by atoms with E-state index in [0.717, 1.165) is 20.8 Å². The highest BCUT2D eigenvalue weighted by molar-refractivity contribution is 9.10. The second kappa shape index (κ2) is 4.87. The highest BCUT2D eigenvalue weighted by atomic mass is 79.9. The first kappa shape index (κ1) is 12.5. The second-order valence-electron chi connectivity index (χ2n) is 4.01. The van der Waals surface area contributed by atoms with Crippen LogP contribution in [0.1, 0.15) is 0 Å². The zero-order chi connectivity index (χ0) is 13.4. The summed E-state index contributed by atoms with van der Waals surface area (Å²) in [5.41, 5.74) is 1.48. The fourth-order valence-corrected chi connectivity index (χ4v) is 2.86. The van der Waals surface area contributed by atoms with E-state index in [9.17, 15) is 4.39 Å². The van der Waals surface area contributed by atoms with Crippen molar-refractivity contribution in [2.24, 2.45) is 0 Å². The summed E-state index contributed by atoms with van der Waals surface area (Å²) in [6.07, 6.45) is 0. The quantitative estimate of drug-likeness (QED) is 0.634. The van der Waals surface area contributed by atoms with Crippen molar-refractivity contribution < 1.29 is 4.39 Å². The molecule has 0 N–H and O–H groups in total. The summed E-state index contributed by atoms with van der Waals surface area (Å²) in [5.74, 6) is -0.281. The Hall–Kier alpha value is -1.52. The fraction of sp³-hybridized carbons (Fsp3) is 0. The Bertz CT molecular complexity index is 751. The van der Waals surface area contributed by atoms with E-state index in [4.69, 9.17) is 11.6 Å². The molecule has 19 heavy (non-hydrogen) atoms. The largest absolute Gasteiger partial charge is 0.207 e. The molecule has 0 radical (unpaired) electrons. The van der Waals surface area contributed by atoms with Crippen LogP contribution in [-0.2, 0) is 0 Å². The van der Waals surface area contributed by atoms with Gasteiger partial charge in [-0.05, 0) is 30.3 Å². The lowest BCUT2D eigenvalue weighted by Gasteiger charge is -2.07. The van der Waals surface area contributed by atoms with Gasteiger partial charge in [-0.25, -0.2) is 4.39 Å². The Kier molecular flexibility index (Phi) is 3.21. The van der Waals surface area contributed by atoms with Gasteiger partial charge in [-0.1, -0.05) is 39.7 Å². The van der Waals surface area contributed by atoms with Crippen molar-refractivity contribution in [3.63, 3.8) is 0 Å². The van der Waals surface area contributed by atoms with Crippen LogP contribution in [0.2, 0.25) is 5.15 Å². The molecule has 0 amide bonds. The molecular formula is C14H7BrClFN2. The van der Waals surface area contributed by atoms with Crippen molar-refractivity contribution in [2.75, 3.05) is 0 Å². The van der Waals surface area contributed by atoms with Crippen molar-refractivity contribution in [3.05, 3.63) is 57.9 Å². The monoisotopic (exact) mass is 336 g/mol. The van der Waals surface area contributed by atoms with Crippen LogP contribution in [0.25, 0.3) is 22.0 Å². The molecule has 0 aliphatic carbocycles. The minimum absolute atomic E-state index is 0.281. The molecule has 3 rings (SSSR count). The Morgan fingerprint density at radius 1 is 1.00 bits per heavy atom. The summed E-state index contributed by atoms with van der Waals surface area (Å²) in [4.78, 5) is 0. The maximum absolute atomic E-state index is 13.0. The molecule has 0 saturated carbocycles. The van der Waals surface area contributed by atoms with Gasteiger partial charge >= 0.3 is 0 Å². The second-order valence-corrected chi connectivity index (χ2v) is 5.22. The molecular weight excluding hydrogens is 331 g/mol. The van der Waals surface area contributed by atoms with Gasteiger partial charge in [-0.2, -0.15) is 0 Å². The number of rotatable bonds is 1. The van der Waals surface area contributed by atoms with Crippen LogP contribution in [0.5, 0.6) is 0 Å². The fourth-order valence-electron chi connectivity index (χ4n) is 1.95. The zero-order valence-corrected chi connectivity index (χ0v) is 11.9. The first-order valence-corrected chi connectivity index (χ1v) is 6.70. The molecule has 0 saturated heterocycles. The SMILES string of the molecule is Fc1ccc(-c2nnc(Cl)c3c(Br)cccc23)cc1. The molecule has 2 nitrogen and oxygen atoms in total. The van der Waals surface area contributed by atoms with Gasteiger partial charge < -0.3 is 0 Å². The number of halogens is 3. The van der Waals surface area contributed by atoms with Crippen LogP contribution in [0, 0.1) is 5.82 Å². The van der Waals surface area contributed by atoms with E-state index < -0.39 is 0 Å². The average molecular weight is 338 g/mol. The molecule has 0 atom stereocenters. The van der Waals surface area contributed by atoms with Crippen LogP contribution in [-0.4, -0.2) is 10.2 Å². The third-order valence-electron chi connectivity index (χ3n) is 2.83. The van der Waals surface area contributed by atoms with Gasteiger partial charge in [0.1, 0.15) is 11.5 Å². The lowest BCUT2D eigenvalue weighted by molar-refractivity contribution is 0.628. The molecule has 0 bridgehead atoms. The van der Waals surface area contributed by atoms with Crippen molar-refractivity contribution >= 4 is 38.3 Å². The highest BCUT2D eigenvalue weighted by Gasteiger charge is 2.12. The van der Waals surface area contributed by atoms with Crippen molar-refractivity contribution in [3.8, 4) is 11.3 Å². The summed E-state index contributed by atoms with van der Waals surface area (Å²) < 4.78 is 13.8. The van der Waals surface area contributed by atoms with Gasteiger partial charge in [0.25, 0.3) is 0 Å². The zero-order valence-electron chi connectivity index (χ0n) is 9.57. The van der Waals surface area contributed by atoms with E-state index in [1.54, 1.807) is 12.1 Å². The van der Waals surface area contributed by atoms with Crippen molar-refractivity contribution in [1.82, 2.24) is 10.2 Å². The van der Waals surface area contributed by atoms with Crippen LogP contribution in [0.4, 0.5) is 4.39 Å². The number of hydrogen-bond donors (Lipinski definition) is 0. The summed E-state index contributed by atoms with van der Waals surface area (Å²) >= 11 is 9.54. The number of hydrogen-bond acceptors (Lipinski definition) is 2. The maximum atomic E-state index is 13.0. The average Bonchev–Trinajstić information content (AvgIpc) is 2.41. The van der Waals surface area contributed by atoms with Crippen LogP contribution in [0.15, 0.2) is 46.9 Å². The molecule has 1 heterocycles. The molecule has 3 aromatic rings. The summed E-state index contributed by atoms with van der Waals surface area (Å²) in [7, 11) is 0. The van der Waals surface area contributed by atoms with Gasteiger partial charge in [0.2, 0.25) is 0 Å². The maximum Gasteiger partial charge on any atom is 0.160 e. The first-order chi connectivity index (χ1) is 9.16. The van der Waals surface area contributed by atoms with Gasteiger partial charge in [0, 0.05) is 20.8 Å². The van der Waals surface area contributed by atoms with E-state index in [2.05, 4.69) is 26.1 Å². The van der Waals surface area contributed by atoms with Crippen LogP contribution >= 0.6 is 27.5 Å². The predicted molar refractivity (Wildman–Crippen MR) is 77.6 cm³/mol.